The van der Waals surface area contributed by atoms with Crippen LogP contribution in [0.1, 0.15) is 46.5 Å². The van der Waals surface area contributed by atoms with Crippen molar-refractivity contribution in [2.24, 2.45) is 11.8 Å². The van der Waals surface area contributed by atoms with Crippen molar-refractivity contribution in [3.05, 3.63) is 31.2 Å². The van der Waals surface area contributed by atoms with E-state index < -0.39 is 0 Å². The summed E-state index contributed by atoms with van der Waals surface area (Å²) >= 11 is 0. The average molecular weight is 193 g/mol. The molecule has 0 aliphatic rings. The maximum absolute atomic E-state index is 3.70. The van der Waals surface area contributed by atoms with Crippen molar-refractivity contribution in [1.82, 2.24) is 0 Å². The monoisotopic (exact) mass is 193 g/mol. The van der Waals surface area contributed by atoms with Crippen molar-refractivity contribution >= 4 is 0 Å². The minimum Gasteiger partial charge on any atom is -0.0880 e. The predicted molar refractivity (Wildman–Crippen MR) is 66.1 cm³/mol. The molecule has 2 unspecified atom stereocenters. The van der Waals surface area contributed by atoms with Gasteiger partial charge in [-0.15, -0.1) is 0 Å². The van der Waals surface area contributed by atoms with Gasteiger partial charge in [0.25, 0.3) is 0 Å². The van der Waals surface area contributed by atoms with Crippen molar-refractivity contribution in [3.63, 3.8) is 0 Å². The lowest BCUT2D eigenvalue weighted by Gasteiger charge is -2.05. The summed E-state index contributed by atoms with van der Waals surface area (Å²) in [5.74, 6) is 1.37. The molecule has 0 heterocycles. The molecule has 0 amide bonds. The Bertz CT molecular complexity index is 165. The summed E-state index contributed by atoms with van der Waals surface area (Å²) in [6.45, 7) is 10.5. The van der Waals surface area contributed by atoms with Crippen LogP contribution in [0, 0.1) is 18.8 Å². The van der Waals surface area contributed by atoms with E-state index in [9.17, 15) is 0 Å². The Morgan fingerprint density at radius 2 is 1.86 bits per heavy atom. The van der Waals surface area contributed by atoms with Gasteiger partial charge in [-0.05, 0) is 31.6 Å². The summed E-state index contributed by atoms with van der Waals surface area (Å²) in [5, 5.41) is 0. The quantitative estimate of drug-likeness (QED) is 0.510. The topological polar surface area (TPSA) is 0 Å². The zero-order valence-corrected chi connectivity index (χ0v) is 10.00. The van der Waals surface area contributed by atoms with Crippen LogP contribution in [0.5, 0.6) is 0 Å². The summed E-state index contributed by atoms with van der Waals surface area (Å²) in [6.07, 6.45) is 13.8. The molecule has 81 valence electrons. The highest BCUT2D eigenvalue weighted by atomic mass is 14.0. The molecule has 0 N–H and O–H groups in total. The van der Waals surface area contributed by atoms with E-state index in [4.69, 9.17) is 0 Å². The van der Waals surface area contributed by atoms with E-state index >= 15 is 0 Å². The summed E-state index contributed by atoms with van der Waals surface area (Å²) in [6, 6.07) is 0. The van der Waals surface area contributed by atoms with Crippen LogP contribution < -0.4 is 0 Å². The molecule has 14 heavy (non-hydrogen) atoms. The average Bonchev–Trinajstić information content (AvgIpc) is 2.15. The first-order valence-corrected chi connectivity index (χ1v) is 5.83. The van der Waals surface area contributed by atoms with Crippen molar-refractivity contribution in [1.29, 1.82) is 0 Å². The molecule has 0 aromatic rings. The van der Waals surface area contributed by atoms with Crippen LogP contribution in [0.4, 0.5) is 0 Å². The molecule has 0 saturated heterocycles. The normalized spacial score (nSPS) is 16.6. The molecule has 0 rings (SSSR count). The second kappa shape index (κ2) is 9.05. The number of rotatable bonds is 7. The summed E-state index contributed by atoms with van der Waals surface area (Å²) in [4.78, 5) is 0. The standard InChI is InChI=1S/C14H25/c1-5-7-10-14(4)12-8-11-13(3)9-6-2/h6,8-9,12-14H,2,5,7,10-11H2,1,3-4H3/b9-6+,12-8+. The Morgan fingerprint density at radius 1 is 1.14 bits per heavy atom. The molecule has 0 aromatic heterocycles. The van der Waals surface area contributed by atoms with Gasteiger partial charge in [0.1, 0.15) is 0 Å². The van der Waals surface area contributed by atoms with Gasteiger partial charge in [0.05, 0.1) is 0 Å². The minimum absolute atomic E-state index is 0.627. The first kappa shape index (κ1) is 13.5. The third-order valence-electron chi connectivity index (χ3n) is 2.45. The molecule has 2 atom stereocenters. The minimum atomic E-state index is 0.627. The molecule has 0 saturated carbocycles. The van der Waals surface area contributed by atoms with E-state index in [0.717, 1.165) is 12.3 Å². The van der Waals surface area contributed by atoms with Crippen molar-refractivity contribution < 1.29 is 0 Å². The van der Waals surface area contributed by atoms with E-state index in [1.807, 2.05) is 6.08 Å². The predicted octanol–water partition coefficient (Wildman–Crippen LogP) is 4.79. The Kier molecular flexibility index (Phi) is 8.72. The fourth-order valence-corrected chi connectivity index (χ4v) is 1.46. The Morgan fingerprint density at radius 3 is 2.43 bits per heavy atom. The molecular weight excluding hydrogens is 168 g/mol. The highest BCUT2D eigenvalue weighted by Gasteiger charge is 1.96. The van der Waals surface area contributed by atoms with Crippen LogP contribution in [0.15, 0.2) is 24.3 Å². The lowest BCUT2D eigenvalue weighted by molar-refractivity contribution is 0.594. The summed E-state index contributed by atoms with van der Waals surface area (Å²) in [5.41, 5.74) is 0. The highest BCUT2D eigenvalue weighted by Crippen LogP contribution is 2.11. The van der Waals surface area contributed by atoms with Gasteiger partial charge in [0, 0.05) is 0 Å². The van der Waals surface area contributed by atoms with E-state index in [-0.39, 0.29) is 0 Å². The Hall–Kier alpha value is -0.520. The van der Waals surface area contributed by atoms with Gasteiger partial charge in [0.2, 0.25) is 0 Å². The molecule has 1 radical (unpaired) electrons. The maximum atomic E-state index is 3.70. The molecular formula is C14H25. The molecule has 0 aliphatic carbocycles. The van der Waals surface area contributed by atoms with E-state index in [1.54, 1.807) is 0 Å². The number of hydrogen-bond donors (Lipinski definition) is 0. The van der Waals surface area contributed by atoms with Crippen molar-refractivity contribution in [2.45, 2.75) is 46.5 Å². The molecule has 0 spiro atoms. The van der Waals surface area contributed by atoms with Gasteiger partial charge < -0.3 is 0 Å². The summed E-state index contributed by atoms with van der Waals surface area (Å²) in [7, 11) is 0. The molecule has 0 bridgehead atoms. The molecule has 0 fully saturated rings. The van der Waals surface area contributed by atoms with Crippen molar-refractivity contribution in [3.8, 4) is 0 Å². The Balaban J connectivity index is 3.59. The number of allylic oxidation sites excluding steroid dienone is 4. The van der Waals surface area contributed by atoms with Gasteiger partial charge in [-0.2, -0.15) is 0 Å². The molecule has 0 heteroatoms. The lowest BCUT2D eigenvalue weighted by Crippen LogP contribution is -1.90. The van der Waals surface area contributed by atoms with E-state index in [1.165, 1.54) is 19.3 Å². The largest absolute Gasteiger partial charge is 0.0880 e. The summed E-state index contributed by atoms with van der Waals surface area (Å²) < 4.78 is 0. The van der Waals surface area contributed by atoms with Crippen LogP contribution in [-0.4, -0.2) is 0 Å². The second-order valence-corrected chi connectivity index (χ2v) is 4.19. The number of hydrogen-bond acceptors (Lipinski definition) is 0. The number of unbranched alkanes of at least 4 members (excludes halogenated alkanes) is 1. The first-order chi connectivity index (χ1) is 6.70. The van der Waals surface area contributed by atoms with Crippen LogP contribution in [-0.2, 0) is 0 Å². The maximum Gasteiger partial charge on any atom is -0.0227 e. The van der Waals surface area contributed by atoms with Gasteiger partial charge >= 0.3 is 0 Å². The smallest absolute Gasteiger partial charge is 0.0227 e. The zero-order chi connectivity index (χ0) is 10.8. The molecule has 0 aromatic carbocycles. The van der Waals surface area contributed by atoms with Crippen molar-refractivity contribution in [2.75, 3.05) is 0 Å². The molecule has 0 aliphatic heterocycles. The zero-order valence-electron chi connectivity index (χ0n) is 10.00. The van der Waals surface area contributed by atoms with Gasteiger partial charge in [-0.25, -0.2) is 0 Å². The SMILES string of the molecule is [CH2]/C=C/C(C)C/C=C/C(C)CCCC. The van der Waals surface area contributed by atoms with Gasteiger partial charge in [-0.3, -0.25) is 0 Å². The fraction of sp³-hybridized carbons (Fsp3) is 0.643. The van der Waals surface area contributed by atoms with Gasteiger partial charge in [0.15, 0.2) is 0 Å². The third kappa shape index (κ3) is 8.10. The van der Waals surface area contributed by atoms with Crippen LogP contribution in [0.2, 0.25) is 0 Å². The highest BCUT2D eigenvalue weighted by molar-refractivity contribution is 4.94. The van der Waals surface area contributed by atoms with Crippen LogP contribution >= 0.6 is 0 Å². The first-order valence-electron chi connectivity index (χ1n) is 5.83. The van der Waals surface area contributed by atoms with E-state index in [2.05, 4.69) is 45.9 Å². The van der Waals surface area contributed by atoms with E-state index in [0.29, 0.717) is 5.92 Å². The van der Waals surface area contributed by atoms with Gasteiger partial charge in [-0.1, -0.05) is 57.9 Å². The lowest BCUT2D eigenvalue weighted by atomic mass is 10.0. The fourth-order valence-electron chi connectivity index (χ4n) is 1.46. The van der Waals surface area contributed by atoms with Crippen LogP contribution in [0.3, 0.4) is 0 Å². The van der Waals surface area contributed by atoms with Crippen LogP contribution in [0.25, 0.3) is 0 Å². The molecule has 0 nitrogen and oxygen atoms in total. The third-order valence-corrected chi connectivity index (χ3v) is 2.45. The Labute approximate surface area is 90.1 Å². The second-order valence-electron chi connectivity index (χ2n) is 4.19.